The number of ether oxygens (including phenoxy) is 1. The fourth-order valence-corrected chi connectivity index (χ4v) is 3.68. The molecule has 0 spiro atoms. The number of nitrogens with zero attached hydrogens (tertiary/aromatic N) is 2. The Morgan fingerprint density at radius 1 is 0.793 bits per heavy atom. The summed E-state index contributed by atoms with van der Waals surface area (Å²) in [5, 5.41) is 18.8. The maximum atomic E-state index is 12.9. The van der Waals surface area contributed by atoms with Crippen molar-refractivity contribution in [2.45, 2.75) is 6.42 Å². The molecule has 0 aromatic heterocycles. The van der Waals surface area contributed by atoms with Crippen molar-refractivity contribution in [3.05, 3.63) is 101 Å². The number of hydrogen-bond donors (Lipinski definition) is 0. The molecule has 3 aromatic carbocycles. The van der Waals surface area contributed by atoms with Gasteiger partial charge in [0, 0.05) is 17.6 Å². The summed E-state index contributed by atoms with van der Waals surface area (Å²) in [6.45, 7) is 0.276. The second-order valence-corrected chi connectivity index (χ2v) is 6.62. The van der Waals surface area contributed by atoms with Gasteiger partial charge in [0.2, 0.25) is 0 Å². The molecule has 1 aliphatic rings. The van der Waals surface area contributed by atoms with Gasteiger partial charge in [-0.3, -0.25) is 0 Å². The molecule has 4 rings (SSSR count). The highest BCUT2D eigenvalue weighted by molar-refractivity contribution is 6.10. The normalized spacial score (nSPS) is 11.0. The minimum Gasteiger partial charge on any atom is -0.462 e. The number of benzene rings is 3. The molecule has 0 heterocycles. The molecule has 0 bridgehead atoms. The molecule has 1 aliphatic carbocycles. The maximum Gasteiger partial charge on any atom is 0.338 e. The van der Waals surface area contributed by atoms with Gasteiger partial charge in [-0.2, -0.15) is 10.5 Å². The highest BCUT2D eigenvalue weighted by Gasteiger charge is 2.30. The van der Waals surface area contributed by atoms with E-state index >= 15 is 0 Å². The Morgan fingerprint density at radius 3 is 2.17 bits per heavy atom. The van der Waals surface area contributed by atoms with Crippen LogP contribution in [0, 0.1) is 22.7 Å². The van der Waals surface area contributed by atoms with Crippen molar-refractivity contribution in [3.8, 4) is 23.3 Å². The topological polar surface area (TPSA) is 73.9 Å². The molecular formula is C25H16N2O2. The summed E-state index contributed by atoms with van der Waals surface area (Å²) in [6, 6.07) is 26.6. The van der Waals surface area contributed by atoms with Crippen LogP contribution in [0.4, 0.5) is 0 Å². The maximum absolute atomic E-state index is 12.9. The van der Waals surface area contributed by atoms with Crippen molar-refractivity contribution in [1.82, 2.24) is 0 Å². The Balaban J connectivity index is 1.71. The molecule has 0 fully saturated rings. The fraction of sp³-hybridized carbons (Fsp3) is 0.0800. The molecule has 3 aromatic rings. The molecule has 4 nitrogen and oxygen atoms in total. The summed E-state index contributed by atoms with van der Waals surface area (Å²) in [6.07, 6.45) is 0.635. The number of carbonyl (C=O) groups excluding carboxylic acids is 1. The number of fused-ring (bicyclic) bond motifs is 3. The molecule has 138 valence electrons. The molecule has 29 heavy (non-hydrogen) atoms. The van der Waals surface area contributed by atoms with Gasteiger partial charge in [0.15, 0.2) is 0 Å². The number of rotatable bonds is 4. The van der Waals surface area contributed by atoms with Crippen LogP contribution in [0.2, 0.25) is 0 Å². The molecule has 0 radical (unpaired) electrons. The Morgan fingerprint density at radius 2 is 1.45 bits per heavy atom. The largest absolute Gasteiger partial charge is 0.462 e. The summed E-state index contributed by atoms with van der Waals surface area (Å²) >= 11 is 0. The lowest BCUT2D eigenvalue weighted by Gasteiger charge is -2.10. The van der Waals surface area contributed by atoms with E-state index in [-0.39, 0.29) is 12.2 Å². The third-order valence-electron chi connectivity index (χ3n) is 4.96. The van der Waals surface area contributed by atoms with Gasteiger partial charge in [-0.25, -0.2) is 4.79 Å². The Labute approximate surface area is 168 Å². The van der Waals surface area contributed by atoms with E-state index in [1.807, 2.05) is 72.8 Å². The van der Waals surface area contributed by atoms with E-state index in [0.717, 1.165) is 16.7 Å². The zero-order valence-electron chi connectivity index (χ0n) is 15.6. The van der Waals surface area contributed by atoms with Gasteiger partial charge >= 0.3 is 5.97 Å². The van der Waals surface area contributed by atoms with E-state index in [1.165, 1.54) is 0 Å². The van der Waals surface area contributed by atoms with E-state index in [2.05, 4.69) is 0 Å². The van der Waals surface area contributed by atoms with E-state index < -0.39 is 5.97 Å². The predicted molar refractivity (Wildman–Crippen MR) is 110 cm³/mol. The van der Waals surface area contributed by atoms with Crippen LogP contribution >= 0.6 is 0 Å². The number of nitriles is 2. The summed E-state index contributed by atoms with van der Waals surface area (Å²) in [5.74, 6) is -0.413. The second kappa shape index (κ2) is 7.84. The standard InChI is InChI=1S/C25H16N2O2/c26-15-18(16-27)23-19-9-4-5-10-20(19)24-21(23)11-6-12-22(24)25(28)29-14-13-17-7-2-1-3-8-17/h1-12H,13-14H2. The van der Waals surface area contributed by atoms with E-state index in [4.69, 9.17) is 4.74 Å². The van der Waals surface area contributed by atoms with Gasteiger partial charge in [0.25, 0.3) is 0 Å². The quantitative estimate of drug-likeness (QED) is 0.374. The van der Waals surface area contributed by atoms with Gasteiger partial charge < -0.3 is 4.74 Å². The number of carbonyl (C=O) groups is 1. The molecule has 0 amide bonds. The van der Waals surface area contributed by atoms with Gasteiger partial charge in [-0.1, -0.05) is 66.7 Å². The summed E-state index contributed by atoms with van der Waals surface area (Å²) in [5.41, 5.74) is 5.18. The minimum atomic E-state index is -0.413. The van der Waals surface area contributed by atoms with Gasteiger partial charge in [0.1, 0.15) is 17.7 Å². The fourth-order valence-electron chi connectivity index (χ4n) is 3.68. The van der Waals surface area contributed by atoms with Crippen molar-refractivity contribution in [2.75, 3.05) is 6.61 Å². The van der Waals surface area contributed by atoms with Crippen molar-refractivity contribution in [2.24, 2.45) is 0 Å². The van der Waals surface area contributed by atoms with E-state index in [9.17, 15) is 15.3 Å². The Bertz CT molecular complexity index is 1200. The first-order valence-electron chi connectivity index (χ1n) is 9.23. The first-order valence-corrected chi connectivity index (χ1v) is 9.23. The smallest absolute Gasteiger partial charge is 0.338 e. The van der Waals surface area contributed by atoms with Crippen LogP contribution in [-0.4, -0.2) is 12.6 Å². The molecule has 0 aliphatic heterocycles. The van der Waals surface area contributed by atoms with Crippen LogP contribution in [0.5, 0.6) is 0 Å². The van der Waals surface area contributed by atoms with Gasteiger partial charge in [-0.05, 0) is 28.3 Å². The lowest BCUT2D eigenvalue weighted by molar-refractivity contribution is 0.0510. The Hall–Kier alpha value is -4.15. The number of allylic oxidation sites excluding steroid dienone is 1. The third-order valence-corrected chi connectivity index (χ3v) is 4.96. The molecule has 4 heteroatoms. The summed E-state index contributed by atoms with van der Waals surface area (Å²) in [7, 11) is 0. The average Bonchev–Trinajstić information content (AvgIpc) is 3.10. The second-order valence-electron chi connectivity index (χ2n) is 6.62. The van der Waals surface area contributed by atoms with Crippen molar-refractivity contribution < 1.29 is 9.53 Å². The molecule has 0 N–H and O–H groups in total. The molecule has 0 saturated carbocycles. The summed E-state index contributed by atoms with van der Waals surface area (Å²) < 4.78 is 5.54. The predicted octanol–water partition coefficient (Wildman–Crippen LogP) is 4.92. The van der Waals surface area contributed by atoms with Crippen molar-refractivity contribution >= 4 is 11.5 Å². The zero-order chi connectivity index (χ0) is 20.2. The van der Waals surface area contributed by atoms with Crippen LogP contribution in [0.1, 0.15) is 27.0 Å². The third kappa shape index (κ3) is 3.29. The monoisotopic (exact) mass is 376 g/mol. The van der Waals surface area contributed by atoms with E-state index in [0.29, 0.717) is 28.7 Å². The highest BCUT2D eigenvalue weighted by Crippen LogP contribution is 2.47. The highest BCUT2D eigenvalue weighted by atomic mass is 16.5. The van der Waals surface area contributed by atoms with Crippen LogP contribution < -0.4 is 0 Å². The van der Waals surface area contributed by atoms with Gasteiger partial charge in [0.05, 0.1) is 12.2 Å². The molecule has 0 saturated heterocycles. The number of hydrogen-bond acceptors (Lipinski definition) is 4. The lowest BCUT2D eigenvalue weighted by Crippen LogP contribution is -2.09. The van der Waals surface area contributed by atoms with Crippen LogP contribution in [-0.2, 0) is 11.2 Å². The minimum absolute atomic E-state index is 0.0331. The van der Waals surface area contributed by atoms with Crippen molar-refractivity contribution in [3.63, 3.8) is 0 Å². The van der Waals surface area contributed by atoms with Crippen LogP contribution in [0.3, 0.4) is 0 Å². The van der Waals surface area contributed by atoms with Crippen LogP contribution in [0.25, 0.3) is 16.7 Å². The van der Waals surface area contributed by atoms with Crippen LogP contribution in [0.15, 0.2) is 78.4 Å². The van der Waals surface area contributed by atoms with Crippen molar-refractivity contribution in [1.29, 1.82) is 10.5 Å². The zero-order valence-corrected chi connectivity index (χ0v) is 15.6. The lowest BCUT2D eigenvalue weighted by atomic mass is 9.97. The first-order chi connectivity index (χ1) is 14.2. The van der Waals surface area contributed by atoms with E-state index in [1.54, 1.807) is 12.1 Å². The SMILES string of the molecule is N#CC(C#N)=C1c2ccccc2-c2c(C(=O)OCCc3ccccc3)cccc21. The molecule has 0 atom stereocenters. The average molecular weight is 376 g/mol. The summed E-state index contributed by atoms with van der Waals surface area (Å²) in [4.78, 5) is 12.9. The molecular weight excluding hydrogens is 360 g/mol. The number of esters is 1. The molecule has 0 unspecified atom stereocenters. The Kier molecular flexibility index (Phi) is 4.93. The first kappa shape index (κ1) is 18.2. The van der Waals surface area contributed by atoms with Gasteiger partial charge in [-0.15, -0.1) is 0 Å².